The molecule has 1 aromatic heterocycles. The van der Waals surface area contributed by atoms with Crippen LogP contribution in [0, 0.1) is 0 Å². The molecule has 0 bridgehead atoms. The van der Waals surface area contributed by atoms with E-state index in [4.69, 9.17) is 11.6 Å². The van der Waals surface area contributed by atoms with Crippen molar-refractivity contribution in [2.75, 3.05) is 42.9 Å². The number of anilines is 2. The second kappa shape index (κ2) is 7.62. The summed E-state index contributed by atoms with van der Waals surface area (Å²) in [5, 5.41) is 3.73. The van der Waals surface area contributed by atoms with Gasteiger partial charge in [0.15, 0.2) is 0 Å². The maximum Gasteiger partial charge on any atom is 0.149 e. The molecule has 1 aromatic carbocycles. The van der Waals surface area contributed by atoms with Crippen LogP contribution in [0.2, 0.25) is 5.15 Å². The van der Waals surface area contributed by atoms with Crippen LogP contribution < -0.4 is 10.2 Å². The van der Waals surface area contributed by atoms with Crippen molar-refractivity contribution in [1.29, 1.82) is 0 Å². The molecule has 1 aliphatic heterocycles. The summed E-state index contributed by atoms with van der Waals surface area (Å²) >= 11 is 5.85. The standard InChI is InChI=1S/C17H22ClN5/c1-14(11-20-17-13-19-12-16(18)21-17)22-7-9-23(10-8-22)15-5-3-2-4-6-15/h2-6,12-14H,7-11H2,1H3,(H,20,21). The van der Waals surface area contributed by atoms with Crippen LogP contribution in [0.4, 0.5) is 11.5 Å². The molecule has 1 atom stereocenters. The van der Waals surface area contributed by atoms with E-state index in [-0.39, 0.29) is 0 Å². The van der Waals surface area contributed by atoms with Crippen molar-refractivity contribution in [2.45, 2.75) is 13.0 Å². The number of nitrogens with one attached hydrogen (secondary N) is 1. The van der Waals surface area contributed by atoms with Gasteiger partial charge in [-0.25, -0.2) is 4.98 Å². The van der Waals surface area contributed by atoms with Gasteiger partial charge in [-0.2, -0.15) is 0 Å². The number of halogens is 1. The first-order chi connectivity index (χ1) is 11.2. The van der Waals surface area contributed by atoms with Crippen LogP contribution in [0.25, 0.3) is 0 Å². The summed E-state index contributed by atoms with van der Waals surface area (Å²) in [5.74, 6) is 0.729. The van der Waals surface area contributed by atoms with Gasteiger partial charge >= 0.3 is 0 Å². The highest BCUT2D eigenvalue weighted by Gasteiger charge is 2.21. The zero-order chi connectivity index (χ0) is 16.1. The average molecular weight is 332 g/mol. The Balaban J connectivity index is 1.47. The summed E-state index contributed by atoms with van der Waals surface area (Å²) in [4.78, 5) is 13.2. The number of nitrogens with zero attached hydrogens (tertiary/aromatic N) is 4. The lowest BCUT2D eigenvalue weighted by Crippen LogP contribution is -2.51. The first-order valence-electron chi connectivity index (χ1n) is 7.98. The fourth-order valence-corrected chi connectivity index (χ4v) is 3.02. The minimum atomic E-state index is 0.416. The molecular weight excluding hydrogens is 310 g/mol. The zero-order valence-electron chi connectivity index (χ0n) is 13.3. The highest BCUT2D eigenvalue weighted by Crippen LogP contribution is 2.16. The SMILES string of the molecule is CC(CNc1cncc(Cl)n1)N1CCN(c2ccccc2)CC1. The molecule has 1 fully saturated rings. The van der Waals surface area contributed by atoms with Gasteiger partial charge in [-0.3, -0.25) is 9.88 Å². The Morgan fingerprint density at radius 1 is 1.13 bits per heavy atom. The summed E-state index contributed by atoms with van der Waals surface area (Å²) in [6, 6.07) is 11.1. The lowest BCUT2D eigenvalue weighted by Gasteiger charge is -2.39. The van der Waals surface area contributed by atoms with Crippen molar-refractivity contribution in [3.05, 3.63) is 47.9 Å². The minimum absolute atomic E-state index is 0.416. The Morgan fingerprint density at radius 3 is 2.57 bits per heavy atom. The summed E-state index contributed by atoms with van der Waals surface area (Å²) < 4.78 is 0. The van der Waals surface area contributed by atoms with Gasteiger partial charge in [0, 0.05) is 44.5 Å². The first kappa shape index (κ1) is 16.0. The van der Waals surface area contributed by atoms with Crippen LogP contribution in [0.5, 0.6) is 0 Å². The Bertz CT molecular complexity index is 613. The molecule has 2 aromatic rings. The van der Waals surface area contributed by atoms with Gasteiger partial charge in [0.25, 0.3) is 0 Å². The molecule has 0 spiro atoms. The molecule has 0 radical (unpaired) electrons. The zero-order valence-corrected chi connectivity index (χ0v) is 14.1. The van der Waals surface area contributed by atoms with Crippen LogP contribution in [0.1, 0.15) is 6.92 Å². The molecular formula is C17H22ClN5. The highest BCUT2D eigenvalue weighted by atomic mass is 35.5. The fourth-order valence-electron chi connectivity index (χ4n) is 2.87. The molecule has 3 rings (SSSR count). The minimum Gasteiger partial charge on any atom is -0.369 e. The van der Waals surface area contributed by atoms with Gasteiger partial charge < -0.3 is 10.2 Å². The highest BCUT2D eigenvalue weighted by molar-refractivity contribution is 6.29. The Kier molecular flexibility index (Phi) is 5.31. The third-order valence-corrected chi connectivity index (χ3v) is 4.42. The van der Waals surface area contributed by atoms with Crippen molar-refractivity contribution in [3.8, 4) is 0 Å². The van der Waals surface area contributed by atoms with E-state index in [2.05, 4.69) is 62.3 Å². The Morgan fingerprint density at radius 2 is 1.87 bits per heavy atom. The Hall–Kier alpha value is -1.85. The molecule has 122 valence electrons. The van der Waals surface area contributed by atoms with E-state index in [1.54, 1.807) is 12.4 Å². The van der Waals surface area contributed by atoms with Crippen molar-refractivity contribution >= 4 is 23.1 Å². The number of hydrogen-bond donors (Lipinski definition) is 1. The fraction of sp³-hybridized carbons (Fsp3) is 0.412. The molecule has 2 heterocycles. The predicted molar refractivity (Wildman–Crippen MR) is 95.2 cm³/mol. The first-order valence-corrected chi connectivity index (χ1v) is 8.35. The number of aromatic nitrogens is 2. The number of piperazine rings is 1. The van der Waals surface area contributed by atoms with Crippen molar-refractivity contribution < 1.29 is 0 Å². The van der Waals surface area contributed by atoms with E-state index in [9.17, 15) is 0 Å². The maximum absolute atomic E-state index is 5.85. The molecule has 1 saturated heterocycles. The third-order valence-electron chi connectivity index (χ3n) is 4.24. The van der Waals surface area contributed by atoms with Gasteiger partial charge in [0.1, 0.15) is 11.0 Å². The van der Waals surface area contributed by atoms with Crippen LogP contribution in [-0.4, -0.2) is 53.6 Å². The van der Waals surface area contributed by atoms with Gasteiger partial charge in [-0.1, -0.05) is 29.8 Å². The smallest absolute Gasteiger partial charge is 0.149 e. The molecule has 1 N–H and O–H groups in total. The summed E-state index contributed by atoms with van der Waals surface area (Å²) in [6.45, 7) is 7.33. The molecule has 1 unspecified atom stereocenters. The monoisotopic (exact) mass is 331 g/mol. The summed E-state index contributed by atoms with van der Waals surface area (Å²) in [6.07, 6.45) is 3.24. The molecule has 0 amide bonds. The number of hydrogen-bond acceptors (Lipinski definition) is 5. The Labute approximate surface area is 142 Å². The van der Waals surface area contributed by atoms with Gasteiger partial charge in [-0.05, 0) is 19.1 Å². The van der Waals surface area contributed by atoms with E-state index in [1.165, 1.54) is 5.69 Å². The second-order valence-corrected chi connectivity index (χ2v) is 6.20. The topological polar surface area (TPSA) is 44.3 Å². The second-order valence-electron chi connectivity index (χ2n) is 5.82. The van der Waals surface area contributed by atoms with Crippen molar-refractivity contribution in [2.24, 2.45) is 0 Å². The average Bonchev–Trinajstić information content (AvgIpc) is 2.61. The van der Waals surface area contributed by atoms with E-state index in [1.807, 2.05) is 0 Å². The van der Waals surface area contributed by atoms with Crippen LogP contribution in [0.3, 0.4) is 0 Å². The molecule has 1 aliphatic rings. The normalized spacial score (nSPS) is 17.0. The van der Waals surface area contributed by atoms with E-state index in [0.717, 1.165) is 38.5 Å². The number of para-hydroxylation sites is 1. The molecule has 6 heteroatoms. The van der Waals surface area contributed by atoms with Crippen LogP contribution in [-0.2, 0) is 0 Å². The van der Waals surface area contributed by atoms with E-state index < -0.39 is 0 Å². The molecule has 23 heavy (non-hydrogen) atoms. The van der Waals surface area contributed by atoms with E-state index >= 15 is 0 Å². The number of rotatable bonds is 5. The quantitative estimate of drug-likeness (QED) is 0.912. The molecule has 0 saturated carbocycles. The van der Waals surface area contributed by atoms with E-state index in [0.29, 0.717) is 11.2 Å². The van der Waals surface area contributed by atoms with Gasteiger partial charge in [-0.15, -0.1) is 0 Å². The largest absolute Gasteiger partial charge is 0.369 e. The van der Waals surface area contributed by atoms with Crippen molar-refractivity contribution in [3.63, 3.8) is 0 Å². The number of benzene rings is 1. The predicted octanol–water partition coefficient (Wildman–Crippen LogP) is 2.75. The summed E-state index contributed by atoms with van der Waals surface area (Å²) in [5.41, 5.74) is 1.31. The van der Waals surface area contributed by atoms with Gasteiger partial charge in [0.2, 0.25) is 0 Å². The molecule has 0 aliphatic carbocycles. The lowest BCUT2D eigenvalue weighted by atomic mass is 10.2. The van der Waals surface area contributed by atoms with Crippen LogP contribution >= 0.6 is 11.6 Å². The van der Waals surface area contributed by atoms with Crippen LogP contribution in [0.15, 0.2) is 42.7 Å². The van der Waals surface area contributed by atoms with Crippen molar-refractivity contribution in [1.82, 2.24) is 14.9 Å². The summed E-state index contributed by atoms with van der Waals surface area (Å²) in [7, 11) is 0. The molecule has 5 nitrogen and oxygen atoms in total. The maximum atomic E-state index is 5.85. The lowest BCUT2D eigenvalue weighted by molar-refractivity contribution is 0.204. The van der Waals surface area contributed by atoms with Gasteiger partial charge in [0.05, 0.1) is 12.4 Å². The third kappa shape index (κ3) is 4.33.